The summed E-state index contributed by atoms with van der Waals surface area (Å²) in [5.41, 5.74) is 9.22. The molecular formula is C8H17N3O3. The van der Waals surface area contributed by atoms with Gasteiger partial charge in [-0.25, -0.2) is 0 Å². The lowest BCUT2D eigenvalue weighted by molar-refractivity contribution is -0.112. The molecule has 0 spiro atoms. The maximum Gasteiger partial charge on any atom is 0.163 e. The van der Waals surface area contributed by atoms with Crippen molar-refractivity contribution in [3.8, 4) is 0 Å². The number of hydrogen-bond acceptors (Lipinski definition) is 6. The average molecular weight is 203 g/mol. The molecule has 6 nitrogen and oxygen atoms in total. The average Bonchev–Trinajstić information content (AvgIpc) is 2.38. The second-order valence-corrected chi connectivity index (χ2v) is 3.93. The zero-order valence-electron chi connectivity index (χ0n) is 8.43. The monoisotopic (exact) mass is 203 g/mol. The molecule has 4 atom stereocenters. The summed E-state index contributed by atoms with van der Waals surface area (Å²) in [6.45, 7) is 3.40. The number of nitrogens with two attached hydrogens (primary N) is 2. The van der Waals surface area contributed by atoms with Crippen LogP contribution in [0.25, 0.3) is 0 Å². The molecule has 1 fully saturated rings. The third-order valence-electron chi connectivity index (χ3n) is 3.02. The van der Waals surface area contributed by atoms with Gasteiger partial charge in [-0.15, -0.1) is 0 Å². The van der Waals surface area contributed by atoms with E-state index in [1.807, 2.05) is 0 Å². The highest BCUT2D eigenvalue weighted by atomic mass is 16.5. The number of nitroso groups, excluding NO2 is 1. The Labute approximate surface area is 82.6 Å². The molecular weight excluding hydrogens is 186 g/mol. The van der Waals surface area contributed by atoms with Gasteiger partial charge in [0.2, 0.25) is 0 Å². The molecule has 1 heterocycles. The van der Waals surface area contributed by atoms with Gasteiger partial charge in [-0.2, -0.15) is 4.91 Å². The van der Waals surface area contributed by atoms with Crippen molar-refractivity contribution in [3.63, 3.8) is 0 Å². The molecule has 2 unspecified atom stereocenters. The van der Waals surface area contributed by atoms with Gasteiger partial charge in [0.15, 0.2) is 5.72 Å². The summed E-state index contributed by atoms with van der Waals surface area (Å²) in [6, 6.07) is -0.714. The molecule has 0 aromatic carbocycles. The van der Waals surface area contributed by atoms with E-state index >= 15 is 0 Å². The molecule has 1 saturated heterocycles. The van der Waals surface area contributed by atoms with Crippen molar-refractivity contribution in [2.45, 2.75) is 43.7 Å². The number of ether oxygens (including phenoxy) is 1. The molecule has 1 aliphatic heterocycles. The van der Waals surface area contributed by atoms with Crippen LogP contribution in [0.3, 0.4) is 0 Å². The summed E-state index contributed by atoms with van der Waals surface area (Å²) in [7, 11) is 0. The zero-order chi connectivity index (χ0) is 11.0. The Hall–Kier alpha value is -0.560. The van der Waals surface area contributed by atoms with Crippen molar-refractivity contribution in [3.05, 3.63) is 4.91 Å². The van der Waals surface area contributed by atoms with E-state index in [2.05, 4.69) is 5.18 Å². The van der Waals surface area contributed by atoms with Gasteiger partial charge in [-0.1, -0.05) is 12.1 Å². The third kappa shape index (κ3) is 1.35. The van der Waals surface area contributed by atoms with Gasteiger partial charge in [-0.3, -0.25) is 5.73 Å². The first kappa shape index (κ1) is 11.5. The van der Waals surface area contributed by atoms with Crippen molar-refractivity contribution in [1.82, 2.24) is 0 Å². The lowest BCUT2D eigenvalue weighted by atomic mass is 9.82. The van der Waals surface area contributed by atoms with Gasteiger partial charge in [0.05, 0.1) is 18.2 Å². The highest BCUT2D eigenvalue weighted by Crippen LogP contribution is 2.35. The Balaban J connectivity index is 2.96. The summed E-state index contributed by atoms with van der Waals surface area (Å²) >= 11 is 0. The second-order valence-electron chi connectivity index (χ2n) is 3.93. The Morgan fingerprint density at radius 3 is 2.64 bits per heavy atom. The molecule has 1 aliphatic rings. The number of aliphatic hydroxyl groups excluding tert-OH is 1. The van der Waals surface area contributed by atoms with Crippen molar-refractivity contribution >= 4 is 0 Å². The minimum Gasteiger partial charge on any atom is -0.389 e. The van der Waals surface area contributed by atoms with E-state index < -0.39 is 23.4 Å². The van der Waals surface area contributed by atoms with Crippen molar-refractivity contribution in [1.29, 1.82) is 0 Å². The summed E-state index contributed by atoms with van der Waals surface area (Å²) in [4.78, 5) is 10.5. The van der Waals surface area contributed by atoms with Gasteiger partial charge in [0, 0.05) is 0 Å². The normalized spacial score (nSPS) is 45.1. The summed E-state index contributed by atoms with van der Waals surface area (Å²) in [6.07, 6.45) is -0.487. The van der Waals surface area contributed by atoms with Gasteiger partial charge in [0.25, 0.3) is 0 Å². The number of rotatable bonds is 3. The first-order valence-corrected chi connectivity index (χ1v) is 4.62. The molecule has 0 aromatic rings. The van der Waals surface area contributed by atoms with Crippen molar-refractivity contribution in [2.75, 3.05) is 6.61 Å². The van der Waals surface area contributed by atoms with Crippen LogP contribution in [0.1, 0.15) is 20.3 Å². The molecule has 6 heteroatoms. The zero-order valence-corrected chi connectivity index (χ0v) is 8.43. The fourth-order valence-electron chi connectivity index (χ4n) is 1.70. The first-order chi connectivity index (χ1) is 6.40. The van der Waals surface area contributed by atoms with Gasteiger partial charge in [-0.05, 0) is 13.3 Å². The standard InChI is InChI=1S/C8H17N3O3/c1-3-6(12)8(10)7(2,9)5(11-13)4-14-8/h5-6,12H,3-4,9-10H2,1-2H3/t5?,6?,7-,8+/m0/s1. The van der Waals surface area contributed by atoms with Gasteiger partial charge < -0.3 is 15.6 Å². The van der Waals surface area contributed by atoms with Crippen molar-refractivity contribution < 1.29 is 9.84 Å². The van der Waals surface area contributed by atoms with Crippen LogP contribution in [-0.2, 0) is 4.74 Å². The Morgan fingerprint density at radius 2 is 2.29 bits per heavy atom. The fraction of sp³-hybridized carbons (Fsp3) is 1.00. The van der Waals surface area contributed by atoms with Crippen LogP contribution in [0.2, 0.25) is 0 Å². The summed E-state index contributed by atoms with van der Waals surface area (Å²) in [5.74, 6) is 0. The van der Waals surface area contributed by atoms with Crippen LogP contribution in [0.5, 0.6) is 0 Å². The summed E-state index contributed by atoms with van der Waals surface area (Å²) < 4.78 is 5.22. The molecule has 1 rings (SSSR count). The molecule has 5 N–H and O–H groups in total. The SMILES string of the molecule is CCC(O)[C@@]1(N)OCC(N=O)[C@]1(C)N. The van der Waals surface area contributed by atoms with E-state index in [4.69, 9.17) is 16.2 Å². The van der Waals surface area contributed by atoms with E-state index in [1.54, 1.807) is 13.8 Å². The predicted octanol–water partition coefficient (Wildman–Crippen LogP) is -0.705. The predicted molar refractivity (Wildman–Crippen MR) is 51.3 cm³/mol. The molecule has 82 valence electrons. The molecule has 0 amide bonds. The van der Waals surface area contributed by atoms with E-state index in [0.717, 1.165) is 0 Å². The molecule has 0 bridgehead atoms. The molecule has 0 radical (unpaired) electrons. The lowest BCUT2D eigenvalue weighted by Gasteiger charge is -2.40. The highest BCUT2D eigenvalue weighted by Gasteiger charge is 2.59. The molecule has 14 heavy (non-hydrogen) atoms. The molecule has 0 aliphatic carbocycles. The van der Waals surface area contributed by atoms with Crippen LogP contribution in [-0.4, -0.2) is 35.1 Å². The Bertz CT molecular complexity index is 234. The maximum atomic E-state index is 10.5. The number of aliphatic hydroxyl groups is 1. The minimum absolute atomic E-state index is 0.0596. The topological polar surface area (TPSA) is 111 Å². The molecule has 0 aromatic heterocycles. The van der Waals surface area contributed by atoms with E-state index in [0.29, 0.717) is 6.42 Å². The van der Waals surface area contributed by atoms with Crippen LogP contribution >= 0.6 is 0 Å². The quantitative estimate of drug-likeness (QED) is 0.525. The smallest absolute Gasteiger partial charge is 0.163 e. The van der Waals surface area contributed by atoms with Gasteiger partial charge >= 0.3 is 0 Å². The Kier molecular flexibility index (Phi) is 2.91. The van der Waals surface area contributed by atoms with Crippen LogP contribution in [0.4, 0.5) is 0 Å². The third-order valence-corrected chi connectivity index (χ3v) is 3.02. The summed E-state index contributed by atoms with van der Waals surface area (Å²) in [5, 5.41) is 12.6. The van der Waals surface area contributed by atoms with Crippen LogP contribution < -0.4 is 11.5 Å². The van der Waals surface area contributed by atoms with E-state index in [-0.39, 0.29) is 6.61 Å². The second kappa shape index (κ2) is 3.54. The van der Waals surface area contributed by atoms with E-state index in [1.165, 1.54) is 0 Å². The minimum atomic E-state index is -1.39. The maximum absolute atomic E-state index is 10.5. The lowest BCUT2D eigenvalue weighted by Crippen LogP contribution is -2.70. The number of hydrogen-bond donors (Lipinski definition) is 3. The van der Waals surface area contributed by atoms with Gasteiger partial charge in [0.1, 0.15) is 6.04 Å². The number of nitrogens with zero attached hydrogens (tertiary/aromatic N) is 1. The molecule has 0 saturated carbocycles. The Morgan fingerprint density at radius 1 is 1.71 bits per heavy atom. The fourth-order valence-corrected chi connectivity index (χ4v) is 1.70. The first-order valence-electron chi connectivity index (χ1n) is 4.62. The van der Waals surface area contributed by atoms with Crippen LogP contribution in [0, 0.1) is 4.91 Å². The highest BCUT2D eigenvalue weighted by molar-refractivity contribution is 5.13. The van der Waals surface area contributed by atoms with E-state index in [9.17, 15) is 10.0 Å². The largest absolute Gasteiger partial charge is 0.389 e. The van der Waals surface area contributed by atoms with Crippen LogP contribution in [0.15, 0.2) is 5.18 Å². The van der Waals surface area contributed by atoms with Crippen molar-refractivity contribution in [2.24, 2.45) is 16.6 Å².